The van der Waals surface area contributed by atoms with Crippen LogP contribution < -0.4 is 0 Å². The molecule has 274 valence electrons. The SMILES string of the molecule is c1ccc(-c2cccc3oc4cc(-c5nc(-c6ccc(-c7ccc8ccccc8c7)cc6)nc(-c6ccc7c8ccccc8c8ccccc8c7c6)n5)ccc4c23)cc1. The molecule has 0 aliphatic heterocycles. The van der Waals surface area contributed by atoms with Crippen molar-refractivity contribution < 1.29 is 4.42 Å². The number of rotatable bonds is 5. The van der Waals surface area contributed by atoms with Crippen LogP contribution in [0.1, 0.15) is 0 Å². The van der Waals surface area contributed by atoms with E-state index in [-0.39, 0.29) is 0 Å². The average molecular weight is 752 g/mol. The van der Waals surface area contributed by atoms with Crippen LogP contribution in [0.15, 0.2) is 205 Å². The van der Waals surface area contributed by atoms with Gasteiger partial charge in [-0.15, -0.1) is 0 Å². The highest BCUT2D eigenvalue weighted by molar-refractivity contribution is 6.25. The Labute approximate surface area is 339 Å². The summed E-state index contributed by atoms with van der Waals surface area (Å²) in [6.45, 7) is 0. The summed E-state index contributed by atoms with van der Waals surface area (Å²) in [6.07, 6.45) is 0. The highest BCUT2D eigenvalue weighted by Gasteiger charge is 2.18. The average Bonchev–Trinajstić information content (AvgIpc) is 3.70. The van der Waals surface area contributed by atoms with E-state index in [4.69, 9.17) is 19.4 Å². The van der Waals surface area contributed by atoms with Gasteiger partial charge in [0, 0.05) is 27.5 Å². The molecule has 4 heteroatoms. The van der Waals surface area contributed by atoms with Crippen molar-refractivity contribution in [2.45, 2.75) is 0 Å². The molecule has 2 heterocycles. The quantitative estimate of drug-likeness (QED) is 0.164. The van der Waals surface area contributed by atoms with E-state index < -0.39 is 0 Å². The van der Waals surface area contributed by atoms with Gasteiger partial charge in [-0.1, -0.05) is 170 Å². The third-order valence-corrected chi connectivity index (χ3v) is 11.7. The van der Waals surface area contributed by atoms with E-state index in [1.54, 1.807) is 0 Å². The second kappa shape index (κ2) is 13.3. The Morgan fingerprint density at radius 3 is 1.51 bits per heavy atom. The second-order valence-electron chi connectivity index (χ2n) is 15.2. The summed E-state index contributed by atoms with van der Waals surface area (Å²) in [7, 11) is 0. The first-order valence-corrected chi connectivity index (χ1v) is 19.9. The Morgan fingerprint density at radius 1 is 0.271 bits per heavy atom. The van der Waals surface area contributed by atoms with E-state index >= 15 is 0 Å². The van der Waals surface area contributed by atoms with Crippen LogP contribution in [0.5, 0.6) is 0 Å². The summed E-state index contributed by atoms with van der Waals surface area (Å²) in [6, 6.07) is 70.5. The lowest BCUT2D eigenvalue weighted by Gasteiger charge is -2.13. The lowest BCUT2D eigenvalue weighted by molar-refractivity contribution is 0.669. The maximum Gasteiger partial charge on any atom is 0.164 e. The smallest absolute Gasteiger partial charge is 0.164 e. The minimum Gasteiger partial charge on any atom is -0.456 e. The molecule has 0 aliphatic carbocycles. The first-order chi connectivity index (χ1) is 29.2. The van der Waals surface area contributed by atoms with Crippen LogP contribution in [0.4, 0.5) is 0 Å². The third kappa shape index (κ3) is 5.57. The molecule has 0 N–H and O–H groups in total. The lowest BCUT2D eigenvalue weighted by atomic mass is 9.93. The van der Waals surface area contributed by atoms with Gasteiger partial charge in [-0.3, -0.25) is 0 Å². The largest absolute Gasteiger partial charge is 0.456 e. The number of hydrogen-bond acceptors (Lipinski definition) is 4. The van der Waals surface area contributed by atoms with Crippen LogP contribution in [0.25, 0.3) is 121 Å². The van der Waals surface area contributed by atoms with Crippen LogP contribution in [0.2, 0.25) is 0 Å². The zero-order valence-corrected chi connectivity index (χ0v) is 31.8. The van der Waals surface area contributed by atoms with Gasteiger partial charge in [0.1, 0.15) is 11.2 Å². The van der Waals surface area contributed by atoms with E-state index in [1.807, 2.05) is 12.1 Å². The van der Waals surface area contributed by atoms with E-state index in [2.05, 4.69) is 188 Å². The van der Waals surface area contributed by atoms with Crippen molar-refractivity contribution in [3.63, 3.8) is 0 Å². The summed E-state index contributed by atoms with van der Waals surface area (Å²) in [5, 5.41) is 11.9. The predicted octanol–water partition coefficient (Wildman–Crippen LogP) is 14.7. The summed E-state index contributed by atoms with van der Waals surface area (Å²) >= 11 is 0. The zero-order valence-electron chi connectivity index (χ0n) is 31.8. The molecule has 0 atom stereocenters. The van der Waals surface area contributed by atoms with Crippen LogP contribution in [0.3, 0.4) is 0 Å². The minimum absolute atomic E-state index is 0.581. The summed E-state index contributed by atoms with van der Waals surface area (Å²) in [5.74, 6) is 1.80. The van der Waals surface area contributed by atoms with Crippen molar-refractivity contribution in [2.75, 3.05) is 0 Å². The van der Waals surface area contributed by atoms with Gasteiger partial charge in [0.15, 0.2) is 17.5 Å². The molecule has 12 rings (SSSR count). The van der Waals surface area contributed by atoms with Gasteiger partial charge in [0.05, 0.1) is 0 Å². The first-order valence-electron chi connectivity index (χ1n) is 19.9. The molecule has 0 aliphatic rings. The Balaban J connectivity index is 1.03. The van der Waals surface area contributed by atoms with Gasteiger partial charge in [0.2, 0.25) is 0 Å². The lowest BCUT2D eigenvalue weighted by Crippen LogP contribution is -2.00. The fourth-order valence-corrected chi connectivity index (χ4v) is 8.81. The summed E-state index contributed by atoms with van der Waals surface area (Å²) in [5.41, 5.74) is 8.91. The zero-order chi connectivity index (χ0) is 38.9. The number of aromatic nitrogens is 3. The molecule has 0 amide bonds. The van der Waals surface area contributed by atoms with Gasteiger partial charge in [-0.2, -0.15) is 0 Å². The molecular formula is C55H33N3O. The topological polar surface area (TPSA) is 51.8 Å². The molecule has 4 nitrogen and oxygen atoms in total. The summed E-state index contributed by atoms with van der Waals surface area (Å²) < 4.78 is 6.54. The van der Waals surface area contributed by atoms with Gasteiger partial charge in [-0.25, -0.2) is 15.0 Å². The maximum atomic E-state index is 6.54. The van der Waals surface area contributed by atoms with Crippen molar-refractivity contribution in [3.05, 3.63) is 200 Å². The number of hydrogen-bond donors (Lipinski definition) is 0. The molecule has 12 aromatic rings. The van der Waals surface area contributed by atoms with Gasteiger partial charge in [-0.05, 0) is 95.7 Å². The Morgan fingerprint density at radius 2 is 0.797 bits per heavy atom. The standard InChI is InChI=1S/C55H33N3O/c1-2-12-36(13-3-1)42-19-10-20-50-52(42)48-30-28-41(33-51(48)59-50)55-57-53(37-24-21-35(22-25-37)39-26-23-34-11-4-5-14-38(34)31-39)56-54(58-55)40-27-29-47-45-17-7-6-15-43(45)44-16-8-9-18-46(44)49(47)32-40/h1-33H. The van der Waals surface area contributed by atoms with Crippen molar-refractivity contribution in [1.82, 2.24) is 15.0 Å². The van der Waals surface area contributed by atoms with Gasteiger partial charge < -0.3 is 4.42 Å². The molecule has 0 radical (unpaired) electrons. The normalized spacial score (nSPS) is 11.7. The van der Waals surface area contributed by atoms with Crippen LogP contribution in [0, 0.1) is 0 Å². The molecule has 0 saturated heterocycles. The van der Waals surface area contributed by atoms with Gasteiger partial charge >= 0.3 is 0 Å². The fraction of sp³-hybridized carbons (Fsp3) is 0. The van der Waals surface area contributed by atoms with Crippen LogP contribution in [-0.2, 0) is 0 Å². The second-order valence-corrected chi connectivity index (χ2v) is 15.2. The van der Waals surface area contributed by atoms with E-state index in [0.717, 1.165) is 66.3 Å². The summed E-state index contributed by atoms with van der Waals surface area (Å²) in [4.78, 5) is 15.6. The van der Waals surface area contributed by atoms with Crippen molar-refractivity contribution in [2.24, 2.45) is 0 Å². The number of fused-ring (bicyclic) bond motifs is 10. The predicted molar refractivity (Wildman–Crippen MR) is 244 cm³/mol. The molecule has 59 heavy (non-hydrogen) atoms. The monoisotopic (exact) mass is 751 g/mol. The Kier molecular flexibility index (Phi) is 7.50. The minimum atomic E-state index is 0.581. The van der Waals surface area contributed by atoms with Crippen molar-refractivity contribution >= 4 is 65.0 Å². The van der Waals surface area contributed by atoms with Crippen molar-refractivity contribution in [1.29, 1.82) is 0 Å². The number of furan rings is 1. The molecule has 0 saturated carbocycles. The first kappa shape index (κ1) is 33.2. The van der Waals surface area contributed by atoms with Crippen LogP contribution in [-0.4, -0.2) is 15.0 Å². The number of nitrogens with zero attached hydrogens (tertiary/aromatic N) is 3. The molecule has 0 fully saturated rings. The molecule has 10 aromatic carbocycles. The van der Waals surface area contributed by atoms with Crippen LogP contribution >= 0.6 is 0 Å². The maximum absolute atomic E-state index is 6.54. The molecule has 2 aromatic heterocycles. The third-order valence-electron chi connectivity index (χ3n) is 11.7. The highest BCUT2D eigenvalue weighted by atomic mass is 16.3. The van der Waals surface area contributed by atoms with E-state index in [1.165, 1.54) is 37.7 Å². The van der Waals surface area contributed by atoms with Gasteiger partial charge in [0.25, 0.3) is 0 Å². The number of benzene rings is 10. The Bertz CT molecular complexity index is 3570. The molecular weight excluding hydrogens is 719 g/mol. The van der Waals surface area contributed by atoms with E-state index in [0.29, 0.717) is 17.5 Å². The van der Waals surface area contributed by atoms with E-state index in [9.17, 15) is 0 Å². The molecule has 0 spiro atoms. The molecule has 0 unspecified atom stereocenters. The Hall–Kier alpha value is -7.95. The van der Waals surface area contributed by atoms with Crippen molar-refractivity contribution in [3.8, 4) is 56.4 Å². The highest BCUT2D eigenvalue weighted by Crippen LogP contribution is 2.40. The fourth-order valence-electron chi connectivity index (χ4n) is 8.81. The molecule has 0 bridgehead atoms.